The predicted molar refractivity (Wildman–Crippen MR) is 111 cm³/mol. The molecule has 5 nitrogen and oxygen atoms in total. The van der Waals surface area contributed by atoms with E-state index in [-0.39, 0.29) is 28.5 Å². The molecule has 0 bridgehead atoms. The first-order chi connectivity index (χ1) is 14.1. The second-order valence-corrected chi connectivity index (χ2v) is 8.51. The van der Waals surface area contributed by atoms with Gasteiger partial charge in [0.15, 0.2) is 5.82 Å². The van der Waals surface area contributed by atoms with E-state index in [1.807, 2.05) is 0 Å². The molecule has 0 aliphatic heterocycles. The fourth-order valence-corrected chi connectivity index (χ4v) is 3.39. The Morgan fingerprint density at radius 1 is 1.13 bits per heavy atom. The van der Waals surface area contributed by atoms with Crippen LogP contribution in [0.5, 0.6) is 0 Å². The van der Waals surface area contributed by atoms with Gasteiger partial charge in [-0.1, -0.05) is 11.6 Å². The normalized spacial score (nSPS) is 16.7. The van der Waals surface area contributed by atoms with Crippen molar-refractivity contribution in [1.82, 2.24) is 0 Å². The van der Waals surface area contributed by atoms with Crippen LogP contribution in [-0.2, 0) is 4.79 Å². The lowest BCUT2D eigenvalue weighted by molar-refractivity contribution is -0.117. The number of hydrogen-bond donors (Lipinski definition) is 3. The SMILES string of the molecule is O=C(Nc1ccc(F)c(NCCF)c1F)c1cc(NC(=O)C2CC2(Cl)Cl)ccc1Cl. The average Bonchev–Trinajstić information content (AvgIpc) is 3.34. The summed E-state index contributed by atoms with van der Waals surface area (Å²) in [6, 6.07) is 6.10. The van der Waals surface area contributed by atoms with E-state index in [9.17, 15) is 22.8 Å². The minimum atomic E-state index is -1.11. The van der Waals surface area contributed by atoms with Crippen molar-refractivity contribution < 1.29 is 22.8 Å². The molecule has 1 fully saturated rings. The summed E-state index contributed by atoms with van der Waals surface area (Å²) in [5, 5.41) is 7.19. The molecule has 3 rings (SSSR count). The Morgan fingerprint density at radius 3 is 2.47 bits per heavy atom. The fraction of sp³-hybridized carbons (Fsp3) is 0.263. The van der Waals surface area contributed by atoms with Gasteiger partial charge in [-0.25, -0.2) is 13.2 Å². The number of carbonyl (C=O) groups is 2. The molecule has 0 saturated heterocycles. The number of amides is 2. The Morgan fingerprint density at radius 2 is 1.83 bits per heavy atom. The summed E-state index contributed by atoms with van der Waals surface area (Å²) in [6.07, 6.45) is 0.311. The van der Waals surface area contributed by atoms with Crippen molar-refractivity contribution in [2.24, 2.45) is 5.92 Å². The highest BCUT2D eigenvalue weighted by Crippen LogP contribution is 2.53. The van der Waals surface area contributed by atoms with Gasteiger partial charge in [0.05, 0.1) is 22.2 Å². The molecule has 1 unspecified atom stereocenters. The smallest absolute Gasteiger partial charge is 0.257 e. The molecule has 0 aromatic heterocycles. The zero-order valence-corrected chi connectivity index (χ0v) is 17.4. The zero-order chi connectivity index (χ0) is 22.1. The number of benzene rings is 2. The van der Waals surface area contributed by atoms with E-state index in [1.165, 1.54) is 18.2 Å². The number of rotatable bonds is 7. The lowest BCUT2D eigenvalue weighted by Gasteiger charge is -2.13. The third kappa shape index (κ3) is 4.94. The van der Waals surface area contributed by atoms with Gasteiger partial charge in [-0.05, 0) is 36.8 Å². The van der Waals surface area contributed by atoms with Gasteiger partial charge < -0.3 is 16.0 Å². The Hall–Kier alpha value is -2.16. The minimum absolute atomic E-state index is 0.0410. The molecule has 1 aliphatic carbocycles. The molecular formula is C19H15Cl3F3N3O2. The fourth-order valence-electron chi connectivity index (χ4n) is 2.68. The predicted octanol–water partition coefficient (Wildman–Crippen LogP) is 5.38. The van der Waals surface area contributed by atoms with Crippen molar-refractivity contribution in [3.63, 3.8) is 0 Å². The lowest BCUT2D eigenvalue weighted by Crippen LogP contribution is -2.18. The van der Waals surface area contributed by atoms with Crippen molar-refractivity contribution in [1.29, 1.82) is 0 Å². The van der Waals surface area contributed by atoms with E-state index in [0.29, 0.717) is 6.42 Å². The van der Waals surface area contributed by atoms with Crippen LogP contribution in [0, 0.1) is 17.6 Å². The van der Waals surface area contributed by atoms with Gasteiger partial charge in [0.1, 0.15) is 22.5 Å². The topological polar surface area (TPSA) is 70.2 Å². The highest BCUT2D eigenvalue weighted by atomic mass is 35.5. The van der Waals surface area contributed by atoms with Crippen molar-refractivity contribution >= 4 is 63.7 Å². The molecule has 1 aliphatic rings. The standard InChI is InChI=1S/C19H15Cl3F3N3O2/c20-12-2-1-9(27-18(30)11-8-19(11,21)22)7-10(12)17(29)28-14-4-3-13(24)16(15(14)25)26-6-5-23/h1-4,7,11,26H,5-6,8H2,(H,27,30)(H,28,29). The van der Waals surface area contributed by atoms with Gasteiger partial charge in [0, 0.05) is 12.2 Å². The van der Waals surface area contributed by atoms with Crippen molar-refractivity contribution in [3.05, 3.63) is 52.6 Å². The molecule has 30 heavy (non-hydrogen) atoms. The van der Waals surface area contributed by atoms with E-state index < -0.39 is 46.1 Å². The summed E-state index contributed by atoms with van der Waals surface area (Å²) in [5.41, 5.74) is -0.696. The van der Waals surface area contributed by atoms with Gasteiger partial charge >= 0.3 is 0 Å². The Kier molecular flexibility index (Phi) is 6.69. The molecule has 0 radical (unpaired) electrons. The monoisotopic (exact) mass is 479 g/mol. The van der Waals surface area contributed by atoms with Crippen LogP contribution in [0.3, 0.4) is 0 Å². The van der Waals surface area contributed by atoms with Crippen LogP contribution in [0.15, 0.2) is 30.3 Å². The first kappa shape index (κ1) is 22.5. The van der Waals surface area contributed by atoms with Gasteiger partial charge in [0.2, 0.25) is 5.91 Å². The van der Waals surface area contributed by atoms with E-state index in [1.54, 1.807) is 0 Å². The maximum atomic E-state index is 14.5. The quantitative estimate of drug-likeness (QED) is 0.466. The van der Waals surface area contributed by atoms with E-state index in [4.69, 9.17) is 34.8 Å². The number of anilines is 3. The highest BCUT2D eigenvalue weighted by Gasteiger charge is 2.56. The van der Waals surface area contributed by atoms with Gasteiger partial charge in [0.25, 0.3) is 5.91 Å². The summed E-state index contributed by atoms with van der Waals surface area (Å²) < 4.78 is 39.5. The third-order valence-corrected chi connectivity index (χ3v) is 5.52. The molecule has 0 heterocycles. The first-order valence-corrected chi connectivity index (χ1v) is 9.85. The largest absolute Gasteiger partial charge is 0.378 e. The summed E-state index contributed by atoms with van der Waals surface area (Å²) in [4.78, 5) is 24.7. The van der Waals surface area contributed by atoms with Crippen LogP contribution in [0.2, 0.25) is 5.02 Å². The van der Waals surface area contributed by atoms with Crippen LogP contribution < -0.4 is 16.0 Å². The van der Waals surface area contributed by atoms with Gasteiger partial charge in [-0.2, -0.15) is 0 Å². The zero-order valence-electron chi connectivity index (χ0n) is 15.2. The van der Waals surface area contributed by atoms with Crippen LogP contribution in [0.25, 0.3) is 0 Å². The second-order valence-electron chi connectivity index (χ2n) is 6.56. The van der Waals surface area contributed by atoms with Crippen molar-refractivity contribution in [2.45, 2.75) is 10.8 Å². The number of hydrogen-bond acceptors (Lipinski definition) is 3. The molecule has 11 heteroatoms. The molecule has 1 atom stereocenters. The Balaban J connectivity index is 1.78. The molecule has 1 saturated carbocycles. The summed E-state index contributed by atoms with van der Waals surface area (Å²) in [5.74, 6) is -3.81. The van der Waals surface area contributed by atoms with Crippen LogP contribution in [0.1, 0.15) is 16.8 Å². The van der Waals surface area contributed by atoms with Crippen LogP contribution in [0.4, 0.5) is 30.2 Å². The van der Waals surface area contributed by atoms with Crippen LogP contribution in [-0.4, -0.2) is 29.4 Å². The maximum absolute atomic E-state index is 14.5. The molecule has 160 valence electrons. The van der Waals surface area contributed by atoms with Crippen molar-refractivity contribution in [2.75, 3.05) is 29.2 Å². The number of alkyl halides is 3. The van der Waals surface area contributed by atoms with E-state index >= 15 is 0 Å². The summed E-state index contributed by atoms with van der Waals surface area (Å²) in [7, 11) is 0. The lowest BCUT2D eigenvalue weighted by atomic mass is 10.1. The molecular weight excluding hydrogens is 466 g/mol. The van der Waals surface area contributed by atoms with Gasteiger partial charge in [-0.3, -0.25) is 9.59 Å². The maximum Gasteiger partial charge on any atom is 0.257 e. The Bertz CT molecular complexity index is 1000. The second kappa shape index (κ2) is 8.91. The third-order valence-electron chi connectivity index (χ3n) is 4.36. The van der Waals surface area contributed by atoms with E-state index in [2.05, 4.69) is 16.0 Å². The number of carbonyl (C=O) groups excluding carboxylic acids is 2. The van der Waals surface area contributed by atoms with Crippen molar-refractivity contribution in [3.8, 4) is 0 Å². The molecule has 0 spiro atoms. The van der Waals surface area contributed by atoms with E-state index in [0.717, 1.165) is 12.1 Å². The molecule has 2 amide bonds. The highest BCUT2D eigenvalue weighted by molar-refractivity contribution is 6.52. The molecule has 2 aromatic rings. The number of nitrogens with one attached hydrogen (secondary N) is 3. The molecule has 3 N–H and O–H groups in total. The summed E-state index contributed by atoms with van der Waals surface area (Å²) in [6.45, 7) is -1.13. The number of halogens is 6. The average molecular weight is 481 g/mol. The minimum Gasteiger partial charge on any atom is -0.378 e. The molecule has 2 aromatic carbocycles. The first-order valence-electron chi connectivity index (χ1n) is 8.71. The summed E-state index contributed by atoms with van der Waals surface area (Å²) >= 11 is 17.8. The van der Waals surface area contributed by atoms with Gasteiger partial charge in [-0.15, -0.1) is 23.2 Å². The Labute approximate surface area is 184 Å². The van der Waals surface area contributed by atoms with Crippen LogP contribution >= 0.6 is 34.8 Å².